The van der Waals surface area contributed by atoms with Gasteiger partial charge < -0.3 is 34.2 Å². The lowest BCUT2D eigenvalue weighted by atomic mass is 10.0. The first kappa shape index (κ1) is 91.0. The molecule has 16 nitrogen and oxygen atoms in total. The van der Waals surface area contributed by atoms with Crippen LogP contribution in [0, 0.1) is 0 Å². The van der Waals surface area contributed by atoms with E-state index < -0.39 is 91.5 Å². The maximum Gasteiger partial charge on any atom is 0.472 e. The molecule has 0 aliphatic carbocycles. The van der Waals surface area contributed by atoms with Crippen molar-refractivity contribution in [2.75, 3.05) is 39.6 Å². The lowest BCUT2D eigenvalue weighted by molar-refractivity contribution is -0.161. The highest BCUT2D eigenvalue weighted by molar-refractivity contribution is 7.47. The first-order valence-electron chi connectivity index (χ1n) is 36.8. The van der Waals surface area contributed by atoms with Crippen molar-refractivity contribution in [2.24, 2.45) is 0 Å². The Morgan fingerprint density at radius 3 is 0.926 bits per heavy atom. The van der Waals surface area contributed by atoms with E-state index in [-0.39, 0.29) is 19.3 Å². The van der Waals surface area contributed by atoms with Gasteiger partial charge in [0.1, 0.15) is 25.4 Å². The second-order valence-corrected chi connectivity index (χ2v) is 27.3. The third-order valence-corrected chi connectivity index (χ3v) is 17.0. The average Bonchev–Trinajstić information content (AvgIpc) is 2.12. The van der Waals surface area contributed by atoms with Gasteiger partial charge in [-0.25, -0.2) is 9.13 Å². The highest BCUT2D eigenvalue weighted by atomic mass is 31.2. The van der Waals surface area contributed by atoms with Gasteiger partial charge in [0.15, 0.2) is 6.10 Å². The van der Waals surface area contributed by atoms with Gasteiger partial charge in [0, 0.05) is 19.3 Å². The second-order valence-electron chi connectivity index (χ2n) is 24.4. The van der Waals surface area contributed by atoms with Crippen LogP contribution in [0.5, 0.6) is 0 Å². The van der Waals surface area contributed by atoms with Crippen LogP contribution in [0.4, 0.5) is 0 Å². The molecule has 0 fully saturated rings. The van der Waals surface area contributed by atoms with Gasteiger partial charge in [0.2, 0.25) is 0 Å². The van der Waals surface area contributed by atoms with E-state index in [1.807, 2.05) is 0 Å². The van der Waals surface area contributed by atoms with Crippen molar-refractivity contribution < 1.29 is 75.8 Å². The van der Waals surface area contributed by atoms with E-state index in [4.69, 9.17) is 32.3 Å². The summed E-state index contributed by atoms with van der Waals surface area (Å²) in [6.45, 7) is 2.43. The van der Waals surface area contributed by atoms with Crippen molar-refractivity contribution in [3.63, 3.8) is 0 Å². The Kier molecular flexibility index (Phi) is 66.9. The van der Waals surface area contributed by atoms with Gasteiger partial charge in [0.05, 0.1) is 26.4 Å². The minimum Gasteiger partial charge on any atom is -0.463 e. The number of allylic oxidation sites excluding steroid dienone is 20. The molecular formula is C77H132O16P2. The number of phosphoric ester groups is 2. The predicted molar refractivity (Wildman–Crippen MR) is 390 cm³/mol. The molecular weight excluding hydrogens is 1240 g/mol. The zero-order chi connectivity index (χ0) is 69.5. The van der Waals surface area contributed by atoms with Crippen molar-refractivity contribution in [3.05, 3.63) is 122 Å². The average molecular weight is 1380 g/mol. The van der Waals surface area contributed by atoms with Crippen molar-refractivity contribution in [2.45, 2.75) is 309 Å². The zero-order valence-electron chi connectivity index (χ0n) is 59.3. The molecule has 18 heteroatoms. The summed E-state index contributed by atoms with van der Waals surface area (Å²) in [5.74, 6) is -1.61. The summed E-state index contributed by atoms with van der Waals surface area (Å²) in [7, 11) is -9.79. The number of phosphoric acid groups is 2. The van der Waals surface area contributed by atoms with Crippen LogP contribution in [0.1, 0.15) is 290 Å². The molecule has 0 aromatic heterocycles. The second kappa shape index (κ2) is 69.8. The Morgan fingerprint density at radius 2 is 0.579 bits per heavy atom. The van der Waals surface area contributed by atoms with Gasteiger partial charge in [-0.2, -0.15) is 0 Å². The molecule has 0 aromatic rings. The molecule has 0 saturated carbocycles. The minimum atomic E-state index is -4.93. The zero-order valence-corrected chi connectivity index (χ0v) is 61.1. The normalized spacial score (nSPS) is 14.8. The molecule has 0 rings (SSSR count). The number of hydrogen-bond acceptors (Lipinski definition) is 14. The molecule has 4 N–H and O–H groups in total. The molecule has 0 bridgehead atoms. The third-order valence-electron chi connectivity index (χ3n) is 15.1. The number of unbranched alkanes of at least 4 members (excludes halogenated alkanes) is 26. The smallest absolute Gasteiger partial charge is 0.463 e. The Bertz CT molecular complexity index is 2210. The van der Waals surface area contributed by atoms with Crippen LogP contribution in [0.25, 0.3) is 0 Å². The van der Waals surface area contributed by atoms with Crippen LogP contribution < -0.4 is 0 Å². The van der Waals surface area contributed by atoms with Crippen molar-refractivity contribution in [1.29, 1.82) is 0 Å². The SMILES string of the molecule is CC/C=C\C/C=C\C/C=C\C/C=C\CCCCCCCCC(=O)OCC(COP(=O)(O)OCC(O)COP(=O)(O)OCC(O)COC(=O)CCCCCCCCCCCCC/C=C\C/C=C\C/C=C\C/C=C\CCCCC)OC(=O)CCCCCCC/C=C\C/C=C\CCC. The van der Waals surface area contributed by atoms with E-state index in [0.717, 1.165) is 161 Å². The summed E-state index contributed by atoms with van der Waals surface area (Å²) in [6.07, 6.45) is 81.1. The number of carbonyl (C=O) groups excluding carboxylic acids is 3. The molecule has 5 unspecified atom stereocenters. The Balaban J connectivity index is 4.53. The molecule has 0 saturated heterocycles. The largest absolute Gasteiger partial charge is 0.472 e. The standard InChI is InChI=1S/C77H132O16P2/c1-4-7-10-13-16-19-22-25-27-29-31-32-33-34-35-36-37-38-40-42-43-46-48-51-54-57-60-63-75(80)87-66-72(78)67-89-94(83,84)90-68-73(79)69-91-95(85,86)92-71-74(93-77(82)65-62-59-56-53-50-45-24-21-18-15-12-9-6-3)70-88-76(81)64-61-58-55-52-49-47-44-41-39-30-28-26-23-20-17-14-11-8-5-2/h8,11-12,15-17,19-21,24-28,31-32,34-35,39,41,72-74,78-79H,4-7,9-10,13-14,18,22-23,29-30,33,36-38,40,42-71H2,1-3H3,(H,83,84)(H,85,86)/b11-8-,15-12-,19-16-,20-17-,24-21-,27-25-,28-26-,32-31-,35-34-,41-39-. The Labute approximate surface area is 576 Å². The van der Waals surface area contributed by atoms with Gasteiger partial charge in [-0.15, -0.1) is 0 Å². The van der Waals surface area contributed by atoms with Gasteiger partial charge in [0.25, 0.3) is 0 Å². The van der Waals surface area contributed by atoms with Crippen molar-refractivity contribution in [3.8, 4) is 0 Å². The number of ether oxygens (including phenoxy) is 3. The van der Waals surface area contributed by atoms with E-state index in [0.29, 0.717) is 19.3 Å². The molecule has 0 aliphatic rings. The monoisotopic (exact) mass is 1370 g/mol. The molecule has 546 valence electrons. The molecule has 0 radical (unpaired) electrons. The molecule has 95 heavy (non-hydrogen) atoms. The summed E-state index contributed by atoms with van der Waals surface area (Å²) in [5, 5.41) is 20.6. The summed E-state index contributed by atoms with van der Waals surface area (Å²) in [4.78, 5) is 58.5. The summed E-state index contributed by atoms with van der Waals surface area (Å²) in [6, 6.07) is 0. The number of aliphatic hydroxyl groups is 2. The van der Waals surface area contributed by atoms with E-state index in [1.54, 1.807) is 0 Å². The molecule has 0 aromatic carbocycles. The van der Waals surface area contributed by atoms with Crippen molar-refractivity contribution in [1.82, 2.24) is 0 Å². The van der Waals surface area contributed by atoms with Crippen LogP contribution in [0.3, 0.4) is 0 Å². The first-order valence-corrected chi connectivity index (χ1v) is 39.8. The molecule has 0 spiro atoms. The van der Waals surface area contributed by atoms with E-state index in [2.05, 4.69) is 142 Å². The lowest BCUT2D eigenvalue weighted by Gasteiger charge is -2.21. The molecule has 0 amide bonds. The summed E-state index contributed by atoms with van der Waals surface area (Å²) in [5.41, 5.74) is 0. The Morgan fingerprint density at radius 1 is 0.305 bits per heavy atom. The molecule has 0 heterocycles. The van der Waals surface area contributed by atoms with Crippen LogP contribution in [0.2, 0.25) is 0 Å². The van der Waals surface area contributed by atoms with Crippen LogP contribution >= 0.6 is 15.6 Å². The van der Waals surface area contributed by atoms with Gasteiger partial charge >= 0.3 is 33.6 Å². The van der Waals surface area contributed by atoms with Crippen molar-refractivity contribution >= 4 is 33.6 Å². The predicted octanol–water partition coefficient (Wildman–Crippen LogP) is 21.0. The number of carbonyl (C=O) groups is 3. The van der Waals surface area contributed by atoms with Gasteiger partial charge in [-0.1, -0.05) is 264 Å². The first-order chi connectivity index (χ1) is 46.2. The van der Waals surface area contributed by atoms with Gasteiger partial charge in [-0.3, -0.25) is 32.5 Å². The van der Waals surface area contributed by atoms with E-state index >= 15 is 0 Å². The van der Waals surface area contributed by atoms with E-state index in [9.17, 15) is 43.5 Å². The number of esters is 3. The van der Waals surface area contributed by atoms with Crippen LogP contribution in [-0.2, 0) is 55.8 Å². The summed E-state index contributed by atoms with van der Waals surface area (Å²) < 4.78 is 61.0. The van der Waals surface area contributed by atoms with Gasteiger partial charge in [-0.05, 0) is 128 Å². The Hall–Kier alpha value is -4.05. The number of aliphatic hydroxyl groups excluding tert-OH is 2. The third kappa shape index (κ3) is 71.1. The summed E-state index contributed by atoms with van der Waals surface area (Å²) >= 11 is 0. The maximum atomic E-state index is 12.9. The highest BCUT2D eigenvalue weighted by Crippen LogP contribution is 2.45. The lowest BCUT2D eigenvalue weighted by Crippen LogP contribution is -2.30. The number of rotatable bonds is 69. The topological polar surface area (TPSA) is 231 Å². The van der Waals surface area contributed by atoms with E-state index in [1.165, 1.54) is 70.6 Å². The van der Waals surface area contributed by atoms with Crippen LogP contribution in [-0.4, -0.2) is 95.9 Å². The number of hydrogen-bond donors (Lipinski definition) is 4. The fourth-order valence-electron chi connectivity index (χ4n) is 9.52. The minimum absolute atomic E-state index is 0.0825. The quantitative estimate of drug-likeness (QED) is 0.0146. The fraction of sp³-hybridized carbons (Fsp3) is 0.701. The fourth-order valence-corrected chi connectivity index (χ4v) is 11.1. The maximum absolute atomic E-state index is 12.9. The molecule has 5 atom stereocenters. The van der Waals surface area contributed by atoms with Crippen LogP contribution in [0.15, 0.2) is 122 Å². The molecule has 0 aliphatic heterocycles. The highest BCUT2D eigenvalue weighted by Gasteiger charge is 2.29.